The number of carbonyl (C=O) groups excluding carboxylic acids is 1. The van der Waals surface area contributed by atoms with Crippen LogP contribution in [-0.2, 0) is 14.8 Å². The molecule has 0 saturated carbocycles. The number of nitrogens with one attached hydrogen (secondary N) is 1. The van der Waals surface area contributed by atoms with Gasteiger partial charge in [0.1, 0.15) is 11.9 Å². The first kappa shape index (κ1) is 21.0. The lowest BCUT2D eigenvalue weighted by molar-refractivity contribution is -0.126. The van der Waals surface area contributed by atoms with Crippen LogP contribution in [0.5, 0.6) is 0 Å². The number of halogens is 2. The van der Waals surface area contributed by atoms with Crippen LogP contribution >= 0.6 is 15.9 Å². The fraction of sp³-hybridized carbons (Fsp3) is 0.350. The van der Waals surface area contributed by atoms with Gasteiger partial charge in [-0.15, -0.1) is 0 Å². The lowest BCUT2D eigenvalue weighted by atomic mass is 10.0. The molecule has 1 fully saturated rings. The second-order valence-corrected chi connectivity index (χ2v) is 9.67. The quantitative estimate of drug-likeness (QED) is 0.720. The van der Waals surface area contributed by atoms with Crippen molar-refractivity contribution in [1.82, 2.24) is 9.62 Å². The van der Waals surface area contributed by atoms with Gasteiger partial charge >= 0.3 is 0 Å². The minimum atomic E-state index is -3.79. The van der Waals surface area contributed by atoms with Crippen molar-refractivity contribution in [2.45, 2.75) is 43.2 Å². The van der Waals surface area contributed by atoms with E-state index in [1.54, 1.807) is 31.2 Å². The van der Waals surface area contributed by atoms with Gasteiger partial charge in [-0.05, 0) is 61.7 Å². The lowest BCUT2D eigenvalue weighted by Gasteiger charge is -2.34. The van der Waals surface area contributed by atoms with E-state index in [1.165, 1.54) is 28.6 Å². The molecule has 8 heteroatoms. The molecule has 28 heavy (non-hydrogen) atoms. The number of amides is 1. The van der Waals surface area contributed by atoms with Crippen molar-refractivity contribution in [3.05, 3.63) is 64.4 Å². The van der Waals surface area contributed by atoms with E-state index in [1.807, 2.05) is 0 Å². The number of nitrogens with zero attached hydrogens (tertiary/aromatic N) is 1. The summed E-state index contributed by atoms with van der Waals surface area (Å²) in [5, 5.41) is 2.84. The molecule has 0 radical (unpaired) electrons. The molecule has 1 aliphatic heterocycles. The zero-order chi connectivity index (χ0) is 20.3. The summed E-state index contributed by atoms with van der Waals surface area (Å²) in [5.74, 6) is -0.743. The van der Waals surface area contributed by atoms with Crippen molar-refractivity contribution in [3.63, 3.8) is 0 Å². The molecule has 2 aromatic rings. The van der Waals surface area contributed by atoms with E-state index >= 15 is 0 Å². The van der Waals surface area contributed by atoms with Crippen molar-refractivity contribution in [3.8, 4) is 0 Å². The maximum atomic E-state index is 13.5. The molecule has 2 aromatic carbocycles. The Labute approximate surface area is 173 Å². The Hall–Kier alpha value is -1.77. The van der Waals surface area contributed by atoms with Crippen LogP contribution in [0.4, 0.5) is 4.39 Å². The summed E-state index contributed by atoms with van der Waals surface area (Å²) < 4.78 is 41.7. The van der Waals surface area contributed by atoms with Crippen LogP contribution in [0.15, 0.2) is 57.9 Å². The van der Waals surface area contributed by atoms with E-state index in [0.717, 1.165) is 10.9 Å². The zero-order valence-corrected chi connectivity index (χ0v) is 17.8. The molecule has 0 bridgehead atoms. The maximum Gasteiger partial charge on any atom is 0.243 e. The highest BCUT2D eigenvalue weighted by atomic mass is 79.9. The predicted molar refractivity (Wildman–Crippen MR) is 109 cm³/mol. The smallest absolute Gasteiger partial charge is 0.243 e. The standard InChI is InChI=1S/C20H22BrFN2O3S/c1-14(15-5-4-6-17(22)13-15)23-20(25)19-7-2-3-12-24(19)28(26,27)18-10-8-16(21)9-11-18/h4-6,8-11,13-14,19H,2-3,7,12H2,1H3,(H,23,25). The van der Waals surface area contributed by atoms with Crippen molar-refractivity contribution >= 4 is 31.9 Å². The summed E-state index contributed by atoms with van der Waals surface area (Å²) in [6.45, 7) is 2.05. The molecule has 150 valence electrons. The topological polar surface area (TPSA) is 66.5 Å². The average Bonchev–Trinajstić information content (AvgIpc) is 2.68. The van der Waals surface area contributed by atoms with E-state index in [0.29, 0.717) is 24.9 Å². The van der Waals surface area contributed by atoms with Gasteiger partial charge in [-0.25, -0.2) is 12.8 Å². The molecular formula is C20H22BrFN2O3S. The fourth-order valence-corrected chi connectivity index (χ4v) is 5.29. The third-order valence-electron chi connectivity index (χ3n) is 4.88. The third-order valence-corrected chi connectivity index (χ3v) is 7.34. The van der Waals surface area contributed by atoms with Gasteiger partial charge in [0.05, 0.1) is 10.9 Å². The van der Waals surface area contributed by atoms with Gasteiger partial charge < -0.3 is 5.32 Å². The maximum absolute atomic E-state index is 13.5. The van der Waals surface area contributed by atoms with Gasteiger partial charge in [0.2, 0.25) is 15.9 Å². The van der Waals surface area contributed by atoms with E-state index in [9.17, 15) is 17.6 Å². The Bertz CT molecular complexity index is 950. The van der Waals surface area contributed by atoms with Gasteiger partial charge in [-0.3, -0.25) is 4.79 Å². The molecule has 1 aliphatic rings. The number of hydrogen-bond donors (Lipinski definition) is 1. The average molecular weight is 469 g/mol. The fourth-order valence-electron chi connectivity index (χ4n) is 3.37. The van der Waals surface area contributed by atoms with Crippen molar-refractivity contribution in [2.75, 3.05) is 6.54 Å². The van der Waals surface area contributed by atoms with E-state index in [4.69, 9.17) is 0 Å². The van der Waals surface area contributed by atoms with E-state index in [2.05, 4.69) is 21.2 Å². The first-order valence-corrected chi connectivity index (χ1v) is 11.4. The molecule has 2 unspecified atom stereocenters. The number of benzene rings is 2. The molecule has 1 N–H and O–H groups in total. The largest absolute Gasteiger partial charge is 0.348 e. The molecule has 0 aromatic heterocycles. The van der Waals surface area contributed by atoms with Crippen LogP contribution in [0.3, 0.4) is 0 Å². The van der Waals surface area contributed by atoms with Crippen LogP contribution in [0, 0.1) is 5.82 Å². The molecule has 1 heterocycles. The second kappa shape index (κ2) is 8.71. The second-order valence-electron chi connectivity index (χ2n) is 6.87. The minimum absolute atomic E-state index is 0.161. The monoisotopic (exact) mass is 468 g/mol. The van der Waals surface area contributed by atoms with Gasteiger partial charge in [-0.1, -0.05) is 34.5 Å². The number of sulfonamides is 1. The Morgan fingerprint density at radius 3 is 2.61 bits per heavy atom. The van der Waals surface area contributed by atoms with Crippen LogP contribution in [0.25, 0.3) is 0 Å². The molecule has 5 nitrogen and oxygen atoms in total. The van der Waals surface area contributed by atoms with Crippen LogP contribution < -0.4 is 5.32 Å². The molecule has 3 rings (SSSR count). The highest BCUT2D eigenvalue weighted by Crippen LogP contribution is 2.27. The van der Waals surface area contributed by atoms with Gasteiger partial charge in [-0.2, -0.15) is 4.31 Å². The molecular weight excluding hydrogens is 447 g/mol. The van der Waals surface area contributed by atoms with Crippen molar-refractivity contribution in [1.29, 1.82) is 0 Å². The number of piperidine rings is 1. The summed E-state index contributed by atoms with van der Waals surface area (Å²) in [4.78, 5) is 13.1. The third kappa shape index (κ3) is 4.61. The molecule has 0 aliphatic carbocycles. The highest BCUT2D eigenvalue weighted by Gasteiger charge is 2.38. The van der Waals surface area contributed by atoms with Crippen molar-refractivity contribution in [2.24, 2.45) is 0 Å². The Balaban J connectivity index is 1.80. The number of rotatable bonds is 5. The zero-order valence-electron chi connectivity index (χ0n) is 15.4. The van der Waals surface area contributed by atoms with Crippen LogP contribution in [-0.4, -0.2) is 31.2 Å². The number of carbonyl (C=O) groups is 1. The van der Waals surface area contributed by atoms with Gasteiger partial charge in [0.25, 0.3) is 0 Å². The van der Waals surface area contributed by atoms with E-state index in [-0.39, 0.29) is 16.6 Å². The van der Waals surface area contributed by atoms with Crippen molar-refractivity contribution < 1.29 is 17.6 Å². The highest BCUT2D eigenvalue weighted by molar-refractivity contribution is 9.10. The van der Waals surface area contributed by atoms with Gasteiger partial charge in [0.15, 0.2) is 0 Å². The predicted octanol–water partition coefficient (Wildman–Crippen LogP) is 4.01. The molecule has 0 spiro atoms. The molecule has 2 atom stereocenters. The molecule has 1 amide bonds. The SMILES string of the molecule is CC(NC(=O)C1CCCCN1S(=O)(=O)c1ccc(Br)cc1)c1cccc(F)c1. The van der Waals surface area contributed by atoms with Crippen LogP contribution in [0.1, 0.15) is 37.8 Å². The van der Waals surface area contributed by atoms with E-state index < -0.39 is 22.1 Å². The minimum Gasteiger partial charge on any atom is -0.348 e. The summed E-state index contributed by atoms with van der Waals surface area (Å²) in [5.41, 5.74) is 0.631. The Morgan fingerprint density at radius 1 is 1.21 bits per heavy atom. The first-order valence-electron chi connectivity index (χ1n) is 9.12. The summed E-state index contributed by atoms with van der Waals surface area (Å²) in [6.07, 6.45) is 1.94. The van der Waals surface area contributed by atoms with Gasteiger partial charge in [0, 0.05) is 11.0 Å². The Kier molecular flexibility index (Phi) is 6.52. The van der Waals surface area contributed by atoms with Crippen LogP contribution in [0.2, 0.25) is 0 Å². The normalized spacial score (nSPS) is 19.2. The lowest BCUT2D eigenvalue weighted by Crippen LogP contribution is -2.52. The summed E-state index contributed by atoms with van der Waals surface area (Å²) in [6, 6.07) is 11.2. The first-order chi connectivity index (χ1) is 13.3. The Morgan fingerprint density at radius 2 is 1.93 bits per heavy atom. The summed E-state index contributed by atoms with van der Waals surface area (Å²) >= 11 is 3.30. The molecule has 1 saturated heterocycles. The number of hydrogen-bond acceptors (Lipinski definition) is 3. The summed E-state index contributed by atoms with van der Waals surface area (Å²) in [7, 11) is -3.79.